The number of hydrogen-bond acceptors (Lipinski definition) is 3. The summed E-state index contributed by atoms with van der Waals surface area (Å²) in [6, 6.07) is 16.3. The van der Waals surface area contributed by atoms with Gasteiger partial charge in [0, 0.05) is 24.5 Å². The predicted molar refractivity (Wildman–Crippen MR) is 146 cm³/mol. The van der Waals surface area contributed by atoms with Crippen LogP contribution in [0, 0.1) is 17.8 Å². The van der Waals surface area contributed by atoms with E-state index in [1.165, 1.54) is 42.4 Å². The predicted octanol–water partition coefficient (Wildman–Crippen LogP) is 8.06. The van der Waals surface area contributed by atoms with Crippen molar-refractivity contribution >= 4 is 11.3 Å². The van der Waals surface area contributed by atoms with Crippen LogP contribution in [0.4, 0.5) is 8.78 Å². The fraction of sp³-hybridized carbons (Fsp3) is 0.424. The largest absolute Gasteiger partial charge is 0.435 e. The van der Waals surface area contributed by atoms with Crippen LogP contribution in [0.5, 0.6) is 5.75 Å². The number of aliphatic imine (C=N–C) groups is 1. The average molecular weight is 514 g/mol. The van der Waals surface area contributed by atoms with Gasteiger partial charge >= 0.3 is 6.61 Å². The Labute approximate surface area is 223 Å². The Hall–Kier alpha value is -3.05. The van der Waals surface area contributed by atoms with Gasteiger partial charge in [0.2, 0.25) is 0 Å². The topological polar surface area (TPSA) is 30.8 Å². The highest BCUT2D eigenvalue weighted by Crippen LogP contribution is 2.56. The van der Waals surface area contributed by atoms with Gasteiger partial charge in [0.1, 0.15) is 11.4 Å². The molecule has 4 aliphatic carbocycles. The summed E-state index contributed by atoms with van der Waals surface area (Å²) in [6.45, 7) is -0.829. The molecule has 0 N–H and O–H groups in total. The Morgan fingerprint density at radius 2 is 1.82 bits per heavy atom. The van der Waals surface area contributed by atoms with Crippen LogP contribution >= 0.6 is 0 Å². The third kappa shape index (κ3) is 3.81. The van der Waals surface area contributed by atoms with Crippen LogP contribution in [0.15, 0.2) is 83.0 Å². The first-order chi connectivity index (χ1) is 18.4. The first-order valence-electron chi connectivity index (χ1n) is 13.9. The molecule has 2 bridgehead atoms. The van der Waals surface area contributed by atoms with Crippen LogP contribution in [0.1, 0.15) is 67.6 Å². The number of benzene rings is 2. The molecule has 38 heavy (non-hydrogen) atoms. The SMILES string of the molecule is COC1(C)C[C@H](c2ccccc2OC(F)F)C2=C1N=C1C=CC(c3ccc(C4CC5CC[C@@H]4C5)cc3)=CC12. The van der Waals surface area contributed by atoms with E-state index in [4.69, 9.17) is 14.5 Å². The summed E-state index contributed by atoms with van der Waals surface area (Å²) in [5.74, 6) is 2.61. The standard InChI is InChI=1S/C33H33F2NO2/c1-33(37-2)18-27(24-5-3-4-6-29(24)38-32(34)35)30-26-17-22(13-14-28(26)36-31(30)33)20-9-11-21(12-10-20)25-16-19-7-8-23(25)15-19/h3-6,9-14,17,19,23,25-27,32H,7-8,15-16,18H2,1-2H3/t19?,23-,25?,26?,27-,33?/m1/s1. The Morgan fingerprint density at radius 1 is 1.00 bits per heavy atom. The lowest BCUT2D eigenvalue weighted by Crippen LogP contribution is -2.27. The Morgan fingerprint density at radius 3 is 2.53 bits per heavy atom. The van der Waals surface area contributed by atoms with E-state index in [0.29, 0.717) is 6.42 Å². The lowest BCUT2D eigenvalue weighted by Gasteiger charge is -2.27. The van der Waals surface area contributed by atoms with Gasteiger partial charge in [-0.3, -0.25) is 4.99 Å². The molecule has 0 aromatic heterocycles. The van der Waals surface area contributed by atoms with Crippen molar-refractivity contribution in [3.8, 4) is 5.75 Å². The van der Waals surface area contributed by atoms with Gasteiger partial charge in [-0.15, -0.1) is 0 Å². The molecule has 0 amide bonds. The number of halogens is 2. The van der Waals surface area contributed by atoms with Crippen molar-refractivity contribution in [1.29, 1.82) is 0 Å². The highest BCUT2D eigenvalue weighted by molar-refractivity contribution is 6.08. The molecule has 5 heteroatoms. The zero-order chi connectivity index (χ0) is 26.0. The van der Waals surface area contributed by atoms with E-state index in [1.807, 2.05) is 19.1 Å². The molecule has 0 radical (unpaired) electrons. The lowest BCUT2D eigenvalue weighted by atomic mass is 9.79. The maximum atomic E-state index is 13.3. The number of nitrogens with zero attached hydrogens (tertiary/aromatic N) is 1. The minimum absolute atomic E-state index is 0.0168. The summed E-state index contributed by atoms with van der Waals surface area (Å²) in [6.07, 6.45) is 12.8. The Kier molecular flexibility index (Phi) is 5.70. The summed E-state index contributed by atoms with van der Waals surface area (Å²) in [7, 11) is 1.70. The van der Waals surface area contributed by atoms with Crippen molar-refractivity contribution in [2.75, 3.05) is 7.11 Å². The third-order valence-electron chi connectivity index (χ3n) is 9.79. The smallest absolute Gasteiger partial charge is 0.387 e. The van der Waals surface area contributed by atoms with E-state index in [9.17, 15) is 8.78 Å². The molecule has 0 spiro atoms. The van der Waals surface area contributed by atoms with E-state index < -0.39 is 12.2 Å². The highest BCUT2D eigenvalue weighted by Gasteiger charge is 2.50. The average Bonchev–Trinajstić information content (AvgIpc) is 3.70. The van der Waals surface area contributed by atoms with Gasteiger partial charge in [0.25, 0.3) is 0 Å². The summed E-state index contributed by atoms with van der Waals surface area (Å²) >= 11 is 0. The van der Waals surface area contributed by atoms with Crippen LogP contribution in [0.3, 0.4) is 0 Å². The molecular formula is C33H33F2NO2. The summed E-state index contributed by atoms with van der Waals surface area (Å²) in [5.41, 5.74) is 7.06. The van der Waals surface area contributed by atoms with Crippen molar-refractivity contribution in [1.82, 2.24) is 0 Å². The van der Waals surface area contributed by atoms with E-state index >= 15 is 0 Å². The zero-order valence-electron chi connectivity index (χ0n) is 21.9. The number of hydrogen-bond donors (Lipinski definition) is 0. The molecule has 2 aromatic rings. The van der Waals surface area contributed by atoms with E-state index in [1.54, 1.807) is 19.2 Å². The van der Waals surface area contributed by atoms with Crippen LogP contribution in [0.2, 0.25) is 0 Å². The van der Waals surface area contributed by atoms with Gasteiger partial charge < -0.3 is 9.47 Å². The molecule has 5 aliphatic rings. The molecule has 2 saturated carbocycles. The molecule has 3 nitrogen and oxygen atoms in total. The molecule has 2 aromatic carbocycles. The van der Waals surface area contributed by atoms with Gasteiger partial charge in [-0.2, -0.15) is 8.78 Å². The van der Waals surface area contributed by atoms with Gasteiger partial charge in [-0.1, -0.05) is 61.0 Å². The molecular weight excluding hydrogens is 480 g/mol. The monoisotopic (exact) mass is 513 g/mol. The number of ether oxygens (including phenoxy) is 2. The number of fused-ring (bicyclic) bond motifs is 4. The third-order valence-corrected chi connectivity index (χ3v) is 9.79. The summed E-state index contributed by atoms with van der Waals surface area (Å²) in [5, 5.41) is 0. The van der Waals surface area contributed by atoms with Crippen molar-refractivity contribution in [3.63, 3.8) is 0 Å². The fourth-order valence-electron chi connectivity index (χ4n) is 7.90. The van der Waals surface area contributed by atoms with Crippen LogP contribution in [0.25, 0.3) is 5.57 Å². The molecule has 196 valence electrons. The van der Waals surface area contributed by atoms with Crippen molar-refractivity contribution in [2.45, 2.75) is 63.1 Å². The number of para-hydroxylation sites is 1. The number of methoxy groups -OCH3 is 1. The van der Waals surface area contributed by atoms with E-state index in [0.717, 1.165) is 40.3 Å². The number of rotatable bonds is 6. The molecule has 1 heterocycles. The fourth-order valence-corrected chi connectivity index (χ4v) is 7.90. The normalized spacial score (nSPS) is 33.0. The molecule has 2 fully saturated rings. The Balaban J connectivity index is 1.22. The molecule has 0 saturated heterocycles. The second kappa shape index (κ2) is 9.01. The van der Waals surface area contributed by atoms with Gasteiger partial charge in [-0.25, -0.2) is 0 Å². The molecule has 1 aliphatic heterocycles. The van der Waals surface area contributed by atoms with Crippen molar-refractivity contribution in [3.05, 3.63) is 94.7 Å². The van der Waals surface area contributed by atoms with E-state index in [2.05, 4.69) is 42.5 Å². The molecule has 7 rings (SSSR count). The Bertz CT molecular complexity index is 1390. The second-order valence-electron chi connectivity index (χ2n) is 11.8. The first-order valence-corrected chi connectivity index (χ1v) is 13.9. The zero-order valence-corrected chi connectivity index (χ0v) is 21.9. The van der Waals surface area contributed by atoms with Crippen LogP contribution < -0.4 is 4.74 Å². The number of alkyl halides is 2. The molecule has 6 atom stereocenters. The summed E-state index contributed by atoms with van der Waals surface area (Å²) < 4.78 is 37.4. The van der Waals surface area contributed by atoms with E-state index in [-0.39, 0.29) is 17.6 Å². The van der Waals surface area contributed by atoms with Crippen molar-refractivity contribution in [2.24, 2.45) is 22.7 Å². The van der Waals surface area contributed by atoms with Gasteiger partial charge in [0.05, 0.1) is 11.4 Å². The second-order valence-corrected chi connectivity index (χ2v) is 11.8. The summed E-state index contributed by atoms with van der Waals surface area (Å²) in [4.78, 5) is 5.03. The molecule has 4 unspecified atom stereocenters. The lowest BCUT2D eigenvalue weighted by molar-refractivity contribution is -0.0506. The maximum Gasteiger partial charge on any atom is 0.387 e. The minimum atomic E-state index is -2.87. The van der Waals surface area contributed by atoms with Crippen LogP contribution in [-0.4, -0.2) is 25.0 Å². The minimum Gasteiger partial charge on any atom is -0.435 e. The van der Waals surface area contributed by atoms with Crippen LogP contribution in [-0.2, 0) is 4.74 Å². The quantitative estimate of drug-likeness (QED) is 0.391. The van der Waals surface area contributed by atoms with Crippen molar-refractivity contribution < 1.29 is 18.3 Å². The maximum absolute atomic E-state index is 13.3. The van der Waals surface area contributed by atoms with Gasteiger partial charge in [-0.05, 0) is 84.8 Å². The highest BCUT2D eigenvalue weighted by atomic mass is 19.3. The first kappa shape index (κ1) is 24.0. The number of allylic oxidation sites excluding steroid dienone is 5. The van der Waals surface area contributed by atoms with Gasteiger partial charge in [0.15, 0.2) is 0 Å².